The van der Waals surface area contributed by atoms with Gasteiger partial charge in [0.05, 0.1) is 7.11 Å². The van der Waals surface area contributed by atoms with Gasteiger partial charge >= 0.3 is 0 Å². The van der Waals surface area contributed by atoms with Crippen LogP contribution in [0.4, 0.5) is 11.6 Å². The lowest BCUT2D eigenvalue weighted by atomic mass is 10.2. The molecule has 0 aliphatic carbocycles. The van der Waals surface area contributed by atoms with Gasteiger partial charge in [0.25, 0.3) is 0 Å². The zero-order valence-corrected chi connectivity index (χ0v) is 10.7. The maximum absolute atomic E-state index is 5.45. The number of rotatable bonds is 4. The Labute approximate surface area is 102 Å². The molecule has 0 radical (unpaired) electrons. The van der Waals surface area contributed by atoms with Gasteiger partial charge in [-0.3, -0.25) is 0 Å². The van der Waals surface area contributed by atoms with E-state index in [4.69, 9.17) is 4.74 Å². The highest BCUT2D eigenvalue weighted by Gasteiger charge is 2.24. The molecule has 1 N–H and O–H groups in total. The van der Waals surface area contributed by atoms with Gasteiger partial charge in [-0.15, -0.1) is 0 Å². The molecule has 1 aliphatic heterocycles. The van der Waals surface area contributed by atoms with E-state index in [1.165, 1.54) is 6.42 Å². The summed E-state index contributed by atoms with van der Waals surface area (Å²) in [5, 5.41) is 3.20. The lowest BCUT2D eigenvalue weighted by Gasteiger charge is -2.20. The highest BCUT2D eigenvalue weighted by Crippen LogP contribution is 2.34. The van der Waals surface area contributed by atoms with Gasteiger partial charge < -0.3 is 15.0 Å². The van der Waals surface area contributed by atoms with E-state index in [0.29, 0.717) is 0 Å². The van der Waals surface area contributed by atoms with E-state index in [-0.39, 0.29) is 0 Å². The molecule has 0 bridgehead atoms. The molecule has 94 valence electrons. The van der Waals surface area contributed by atoms with E-state index >= 15 is 0 Å². The van der Waals surface area contributed by atoms with E-state index < -0.39 is 0 Å². The highest BCUT2D eigenvalue weighted by atomic mass is 16.5. The van der Waals surface area contributed by atoms with Gasteiger partial charge in [-0.1, -0.05) is 6.92 Å². The van der Waals surface area contributed by atoms with E-state index in [2.05, 4.69) is 27.1 Å². The number of nitrogens with one attached hydrogen (secondary N) is 1. The fraction of sp³-hybridized carbons (Fsp3) is 0.667. The average Bonchev–Trinajstić information content (AvgIpc) is 2.76. The molecular weight excluding hydrogens is 216 g/mol. The molecule has 17 heavy (non-hydrogen) atoms. The van der Waals surface area contributed by atoms with Gasteiger partial charge in [-0.25, -0.2) is 9.97 Å². The first-order valence-electron chi connectivity index (χ1n) is 6.14. The monoisotopic (exact) mass is 236 g/mol. The van der Waals surface area contributed by atoms with E-state index in [1.807, 2.05) is 6.92 Å². The molecule has 1 unspecified atom stereocenters. The lowest BCUT2D eigenvalue weighted by molar-refractivity contribution is 0.412. The SMILES string of the molecule is CCNc1ncnc(N2CCC(C)C2)c1OC. The number of hydrogen-bond acceptors (Lipinski definition) is 5. The second kappa shape index (κ2) is 5.21. The number of methoxy groups -OCH3 is 1. The summed E-state index contributed by atoms with van der Waals surface area (Å²) in [6, 6.07) is 0. The summed E-state index contributed by atoms with van der Waals surface area (Å²) in [6.07, 6.45) is 2.81. The molecule has 5 nitrogen and oxygen atoms in total. The van der Waals surface area contributed by atoms with Gasteiger partial charge in [0.1, 0.15) is 6.33 Å². The minimum absolute atomic E-state index is 0.720. The van der Waals surface area contributed by atoms with Crippen molar-refractivity contribution in [3.05, 3.63) is 6.33 Å². The first-order valence-corrected chi connectivity index (χ1v) is 6.14. The van der Waals surface area contributed by atoms with Crippen LogP contribution in [0.2, 0.25) is 0 Å². The van der Waals surface area contributed by atoms with Crippen LogP contribution in [0.3, 0.4) is 0 Å². The van der Waals surface area contributed by atoms with Crippen LogP contribution in [0.25, 0.3) is 0 Å². The van der Waals surface area contributed by atoms with Crippen molar-refractivity contribution in [2.75, 3.05) is 37.0 Å². The zero-order valence-electron chi connectivity index (χ0n) is 10.7. The second-order valence-corrected chi connectivity index (χ2v) is 4.45. The third-order valence-corrected chi connectivity index (χ3v) is 3.06. The van der Waals surface area contributed by atoms with Gasteiger partial charge in [0.2, 0.25) is 5.75 Å². The zero-order chi connectivity index (χ0) is 12.3. The van der Waals surface area contributed by atoms with E-state index in [1.54, 1.807) is 13.4 Å². The second-order valence-electron chi connectivity index (χ2n) is 4.45. The third kappa shape index (κ3) is 2.43. The number of anilines is 2. The van der Waals surface area contributed by atoms with Crippen LogP contribution in [-0.2, 0) is 0 Å². The van der Waals surface area contributed by atoms with Crippen LogP contribution in [-0.4, -0.2) is 36.7 Å². The molecule has 2 rings (SSSR count). The Morgan fingerprint density at radius 1 is 1.53 bits per heavy atom. The summed E-state index contributed by atoms with van der Waals surface area (Å²) in [4.78, 5) is 10.8. The molecule has 1 aromatic heterocycles. The third-order valence-electron chi connectivity index (χ3n) is 3.06. The molecule has 0 spiro atoms. The Balaban J connectivity index is 2.29. The number of aromatic nitrogens is 2. The van der Waals surface area contributed by atoms with Crippen molar-refractivity contribution in [2.24, 2.45) is 5.92 Å². The van der Waals surface area contributed by atoms with Crippen LogP contribution < -0.4 is 15.0 Å². The maximum atomic E-state index is 5.45. The normalized spacial score (nSPS) is 19.5. The van der Waals surface area contributed by atoms with Crippen molar-refractivity contribution in [1.29, 1.82) is 0 Å². The molecule has 0 saturated carbocycles. The van der Waals surface area contributed by atoms with Gasteiger partial charge in [0, 0.05) is 19.6 Å². The summed E-state index contributed by atoms with van der Waals surface area (Å²) >= 11 is 0. The van der Waals surface area contributed by atoms with Crippen molar-refractivity contribution >= 4 is 11.6 Å². The van der Waals surface area contributed by atoms with E-state index in [0.717, 1.165) is 42.9 Å². The molecule has 0 amide bonds. The first-order chi connectivity index (χ1) is 8.26. The van der Waals surface area contributed by atoms with Crippen LogP contribution in [0, 0.1) is 5.92 Å². The first kappa shape index (κ1) is 12.0. The largest absolute Gasteiger partial charge is 0.490 e. The van der Waals surface area contributed by atoms with Gasteiger partial charge in [0.15, 0.2) is 11.6 Å². The molecule has 0 aromatic carbocycles. The molecule has 2 heterocycles. The fourth-order valence-electron chi connectivity index (χ4n) is 2.20. The Kier molecular flexibility index (Phi) is 3.66. The predicted molar refractivity (Wildman–Crippen MR) is 68.7 cm³/mol. The van der Waals surface area contributed by atoms with Crippen molar-refractivity contribution in [2.45, 2.75) is 20.3 Å². The smallest absolute Gasteiger partial charge is 0.204 e. The van der Waals surface area contributed by atoms with Crippen molar-refractivity contribution in [1.82, 2.24) is 9.97 Å². The topological polar surface area (TPSA) is 50.3 Å². The number of nitrogens with zero attached hydrogens (tertiary/aromatic N) is 3. The standard InChI is InChI=1S/C12H20N4O/c1-4-13-11-10(17-3)12(15-8-14-11)16-6-5-9(2)7-16/h8-9H,4-7H2,1-3H3,(H,13,14,15). The summed E-state index contributed by atoms with van der Waals surface area (Å²) < 4.78 is 5.45. The van der Waals surface area contributed by atoms with Gasteiger partial charge in [-0.05, 0) is 19.3 Å². The fourth-order valence-corrected chi connectivity index (χ4v) is 2.20. The Morgan fingerprint density at radius 2 is 2.35 bits per heavy atom. The lowest BCUT2D eigenvalue weighted by Crippen LogP contribution is -2.21. The summed E-state index contributed by atoms with van der Waals surface area (Å²) in [5.74, 6) is 3.16. The van der Waals surface area contributed by atoms with E-state index in [9.17, 15) is 0 Å². The Bertz CT molecular complexity index is 383. The quantitative estimate of drug-likeness (QED) is 0.863. The molecular formula is C12H20N4O. The van der Waals surface area contributed by atoms with Crippen LogP contribution in [0.15, 0.2) is 6.33 Å². The summed E-state index contributed by atoms with van der Waals surface area (Å²) in [5.41, 5.74) is 0. The molecule has 1 aliphatic rings. The Hall–Kier alpha value is -1.52. The summed E-state index contributed by atoms with van der Waals surface area (Å²) in [6.45, 7) is 7.21. The molecule has 1 saturated heterocycles. The van der Waals surface area contributed by atoms with Gasteiger partial charge in [-0.2, -0.15) is 0 Å². The maximum Gasteiger partial charge on any atom is 0.204 e. The minimum Gasteiger partial charge on any atom is -0.490 e. The van der Waals surface area contributed by atoms with Crippen molar-refractivity contribution in [3.63, 3.8) is 0 Å². The van der Waals surface area contributed by atoms with Crippen LogP contribution >= 0.6 is 0 Å². The van der Waals surface area contributed by atoms with Crippen LogP contribution in [0.1, 0.15) is 20.3 Å². The molecule has 5 heteroatoms. The molecule has 1 atom stereocenters. The minimum atomic E-state index is 0.720. The molecule has 1 fully saturated rings. The Morgan fingerprint density at radius 3 is 2.94 bits per heavy atom. The average molecular weight is 236 g/mol. The van der Waals surface area contributed by atoms with Crippen molar-refractivity contribution in [3.8, 4) is 5.75 Å². The highest BCUT2D eigenvalue weighted by molar-refractivity contribution is 5.65. The number of hydrogen-bond donors (Lipinski definition) is 1. The predicted octanol–water partition coefficient (Wildman–Crippen LogP) is 1.76. The summed E-state index contributed by atoms with van der Waals surface area (Å²) in [7, 11) is 1.67. The van der Waals surface area contributed by atoms with Crippen molar-refractivity contribution < 1.29 is 4.74 Å². The number of ether oxygens (including phenoxy) is 1. The van der Waals surface area contributed by atoms with Crippen LogP contribution in [0.5, 0.6) is 5.75 Å². The molecule has 1 aromatic rings.